The molecule has 124 valence electrons. The van der Waals surface area contributed by atoms with Crippen LogP contribution in [0, 0.1) is 11.3 Å². The summed E-state index contributed by atoms with van der Waals surface area (Å²) in [4.78, 5) is 24.9. The Kier molecular flexibility index (Phi) is 10.1. The van der Waals surface area contributed by atoms with E-state index in [4.69, 9.17) is 9.47 Å². The number of carbonyl (C=O) groups is 2. The van der Waals surface area contributed by atoms with Gasteiger partial charge < -0.3 is 9.47 Å². The number of hydrogen-bond acceptors (Lipinski definition) is 4. The van der Waals surface area contributed by atoms with Gasteiger partial charge in [0.15, 0.2) is 5.41 Å². The third kappa shape index (κ3) is 6.49. The Morgan fingerprint density at radius 1 is 0.905 bits per heavy atom. The second kappa shape index (κ2) is 10.6. The van der Waals surface area contributed by atoms with Crippen LogP contribution in [0.25, 0.3) is 0 Å². The number of ether oxygens (including phenoxy) is 2. The molecule has 0 aromatic carbocycles. The highest BCUT2D eigenvalue weighted by Gasteiger charge is 2.48. The van der Waals surface area contributed by atoms with Crippen molar-refractivity contribution < 1.29 is 19.1 Å². The van der Waals surface area contributed by atoms with Gasteiger partial charge in [0.25, 0.3) is 0 Å². The quantitative estimate of drug-likeness (QED) is 0.327. The number of esters is 2. The van der Waals surface area contributed by atoms with E-state index >= 15 is 0 Å². The minimum absolute atomic E-state index is 0.227. The first-order valence-corrected chi connectivity index (χ1v) is 8.29. The van der Waals surface area contributed by atoms with Gasteiger partial charge in [-0.2, -0.15) is 0 Å². The lowest BCUT2D eigenvalue weighted by Gasteiger charge is -2.30. The molecule has 0 bridgehead atoms. The van der Waals surface area contributed by atoms with Gasteiger partial charge in [-0.25, -0.2) is 0 Å². The van der Waals surface area contributed by atoms with Gasteiger partial charge in [-0.15, -0.1) is 0 Å². The maximum atomic E-state index is 12.5. The Morgan fingerprint density at radius 2 is 1.43 bits per heavy atom. The summed E-state index contributed by atoms with van der Waals surface area (Å²) in [5.41, 5.74) is -1.13. The monoisotopic (exact) mass is 300 g/mol. The first-order valence-electron chi connectivity index (χ1n) is 8.29. The van der Waals surface area contributed by atoms with Crippen LogP contribution < -0.4 is 0 Å². The Morgan fingerprint density at radius 3 is 1.81 bits per heavy atom. The van der Waals surface area contributed by atoms with Crippen LogP contribution >= 0.6 is 0 Å². The van der Waals surface area contributed by atoms with Crippen molar-refractivity contribution in [2.45, 2.75) is 73.1 Å². The lowest BCUT2D eigenvalue weighted by molar-refractivity contribution is -0.174. The summed E-state index contributed by atoms with van der Waals surface area (Å²) < 4.78 is 10.4. The van der Waals surface area contributed by atoms with Gasteiger partial charge in [-0.05, 0) is 32.6 Å². The van der Waals surface area contributed by atoms with Gasteiger partial charge in [0.2, 0.25) is 0 Å². The maximum Gasteiger partial charge on any atom is 0.323 e. The summed E-state index contributed by atoms with van der Waals surface area (Å²) in [6.07, 6.45) is 5.10. The fourth-order valence-corrected chi connectivity index (χ4v) is 2.65. The largest absolute Gasteiger partial charge is 0.465 e. The number of hydrogen-bond donors (Lipinski definition) is 0. The van der Waals surface area contributed by atoms with E-state index in [0.29, 0.717) is 12.8 Å². The van der Waals surface area contributed by atoms with Gasteiger partial charge in [0, 0.05) is 0 Å². The maximum absolute atomic E-state index is 12.5. The van der Waals surface area contributed by atoms with Crippen molar-refractivity contribution in [1.29, 1.82) is 0 Å². The minimum Gasteiger partial charge on any atom is -0.465 e. The van der Waals surface area contributed by atoms with E-state index in [1.165, 1.54) is 0 Å². The van der Waals surface area contributed by atoms with Crippen molar-refractivity contribution in [2.75, 3.05) is 13.2 Å². The Bertz CT molecular complexity index is 292. The van der Waals surface area contributed by atoms with E-state index in [9.17, 15) is 9.59 Å². The molecule has 0 aliphatic heterocycles. The van der Waals surface area contributed by atoms with Crippen LogP contribution in [-0.4, -0.2) is 25.2 Å². The summed E-state index contributed by atoms with van der Waals surface area (Å²) in [5, 5.41) is 0. The van der Waals surface area contributed by atoms with E-state index in [-0.39, 0.29) is 19.1 Å². The van der Waals surface area contributed by atoms with Crippen molar-refractivity contribution in [2.24, 2.45) is 11.3 Å². The van der Waals surface area contributed by atoms with Gasteiger partial charge in [-0.3, -0.25) is 9.59 Å². The van der Waals surface area contributed by atoms with Crippen LogP contribution in [-0.2, 0) is 19.1 Å². The molecule has 0 aromatic rings. The Labute approximate surface area is 129 Å². The van der Waals surface area contributed by atoms with Gasteiger partial charge in [-0.1, -0.05) is 46.5 Å². The number of unbranched alkanes of at least 4 members (excludes halogenated alkanes) is 3. The Balaban J connectivity index is 5.18. The molecule has 0 aromatic heterocycles. The second-order valence-corrected chi connectivity index (χ2v) is 5.93. The van der Waals surface area contributed by atoms with E-state index < -0.39 is 17.4 Å². The minimum atomic E-state index is -1.13. The van der Waals surface area contributed by atoms with Gasteiger partial charge >= 0.3 is 11.9 Å². The van der Waals surface area contributed by atoms with E-state index in [0.717, 1.165) is 25.7 Å². The molecule has 0 fully saturated rings. The fraction of sp³-hybridized carbons (Fsp3) is 0.882. The summed E-state index contributed by atoms with van der Waals surface area (Å²) in [5.74, 6) is -0.618. The fourth-order valence-electron chi connectivity index (χ4n) is 2.65. The zero-order valence-corrected chi connectivity index (χ0v) is 14.4. The first kappa shape index (κ1) is 19.9. The van der Waals surface area contributed by atoms with Crippen molar-refractivity contribution in [3.8, 4) is 0 Å². The van der Waals surface area contributed by atoms with Crippen molar-refractivity contribution >= 4 is 11.9 Å². The number of carbonyl (C=O) groups excluding carboxylic acids is 2. The lowest BCUT2D eigenvalue weighted by Crippen LogP contribution is -2.43. The summed E-state index contributed by atoms with van der Waals surface area (Å²) in [6, 6.07) is 0. The molecule has 21 heavy (non-hydrogen) atoms. The topological polar surface area (TPSA) is 52.6 Å². The van der Waals surface area contributed by atoms with Crippen molar-refractivity contribution in [3.63, 3.8) is 0 Å². The van der Waals surface area contributed by atoms with Crippen LogP contribution in [0.4, 0.5) is 0 Å². The molecule has 0 N–H and O–H groups in total. The predicted octanol–water partition coefficient (Wildman–Crippen LogP) is 4.12. The number of rotatable bonds is 11. The predicted molar refractivity (Wildman–Crippen MR) is 83.9 cm³/mol. The molecule has 0 aliphatic rings. The van der Waals surface area contributed by atoms with Gasteiger partial charge in [0.1, 0.15) is 0 Å². The third-order valence-corrected chi connectivity index (χ3v) is 3.55. The van der Waals surface area contributed by atoms with E-state index in [1.807, 2.05) is 13.8 Å². The SMILES string of the molecule is CCCCCCC(CC(C)C)(C(=O)OCC)C(=O)OCC. The highest BCUT2D eigenvalue weighted by atomic mass is 16.6. The Hall–Kier alpha value is -1.06. The summed E-state index contributed by atoms with van der Waals surface area (Å²) in [7, 11) is 0. The molecule has 0 saturated heterocycles. The molecule has 0 rings (SSSR count). The molecule has 4 heteroatoms. The molecule has 0 atom stereocenters. The first-order chi connectivity index (χ1) is 9.94. The molecule has 0 radical (unpaired) electrons. The zero-order chi connectivity index (χ0) is 16.3. The van der Waals surface area contributed by atoms with Crippen LogP contribution in [0.15, 0.2) is 0 Å². The standard InChI is InChI=1S/C17H32O4/c1-6-9-10-11-12-17(13-14(4)5,15(18)20-7-2)16(19)21-8-3/h14H,6-13H2,1-5H3. The average Bonchev–Trinajstić information content (AvgIpc) is 2.42. The van der Waals surface area contributed by atoms with Crippen molar-refractivity contribution in [3.05, 3.63) is 0 Å². The normalized spacial score (nSPS) is 11.5. The second-order valence-electron chi connectivity index (χ2n) is 5.93. The zero-order valence-electron chi connectivity index (χ0n) is 14.4. The highest BCUT2D eigenvalue weighted by Crippen LogP contribution is 2.36. The van der Waals surface area contributed by atoms with Crippen molar-refractivity contribution in [1.82, 2.24) is 0 Å². The lowest BCUT2D eigenvalue weighted by atomic mass is 9.75. The smallest absolute Gasteiger partial charge is 0.323 e. The molecule has 0 unspecified atom stereocenters. The molecule has 4 nitrogen and oxygen atoms in total. The molecule has 0 amide bonds. The van der Waals surface area contributed by atoms with Crippen LogP contribution in [0.2, 0.25) is 0 Å². The molecule has 0 aliphatic carbocycles. The average molecular weight is 300 g/mol. The molecule has 0 spiro atoms. The summed E-state index contributed by atoms with van der Waals surface area (Å²) in [6.45, 7) is 10.3. The molecular weight excluding hydrogens is 268 g/mol. The van der Waals surface area contributed by atoms with Crippen LogP contribution in [0.3, 0.4) is 0 Å². The molecular formula is C17H32O4. The molecule has 0 saturated carbocycles. The third-order valence-electron chi connectivity index (χ3n) is 3.55. The van der Waals surface area contributed by atoms with E-state index in [1.54, 1.807) is 13.8 Å². The van der Waals surface area contributed by atoms with Crippen LogP contribution in [0.5, 0.6) is 0 Å². The summed E-state index contributed by atoms with van der Waals surface area (Å²) >= 11 is 0. The van der Waals surface area contributed by atoms with Gasteiger partial charge in [0.05, 0.1) is 13.2 Å². The molecule has 0 heterocycles. The van der Waals surface area contributed by atoms with E-state index in [2.05, 4.69) is 6.92 Å². The van der Waals surface area contributed by atoms with Crippen LogP contribution in [0.1, 0.15) is 73.1 Å². The highest BCUT2D eigenvalue weighted by molar-refractivity contribution is 6.00.